The second-order valence-corrected chi connectivity index (χ2v) is 7.31. The van der Waals surface area contributed by atoms with Crippen LogP contribution in [0.25, 0.3) is 21.5 Å². The van der Waals surface area contributed by atoms with E-state index in [4.69, 9.17) is 4.74 Å². The summed E-state index contributed by atoms with van der Waals surface area (Å²) in [5, 5.41) is 12.7. The molecule has 0 atom stereocenters. The van der Waals surface area contributed by atoms with Crippen molar-refractivity contribution in [3.05, 3.63) is 71.1 Å². The topological polar surface area (TPSA) is 84.3 Å². The van der Waals surface area contributed by atoms with Gasteiger partial charge in [0, 0.05) is 28.3 Å². The lowest BCUT2D eigenvalue weighted by atomic mass is 10.1. The number of phenols is 1. The fraction of sp³-hybridized carbons (Fsp3) is 0.0952. The first-order valence-electron chi connectivity index (χ1n) is 8.68. The van der Waals surface area contributed by atoms with Crippen molar-refractivity contribution in [3.8, 4) is 17.1 Å². The highest BCUT2D eigenvalue weighted by atomic mass is 32.1. The van der Waals surface area contributed by atoms with Crippen molar-refractivity contribution in [2.45, 2.75) is 6.61 Å². The summed E-state index contributed by atoms with van der Waals surface area (Å²) in [5.74, 6) is -0.232. The number of aromatic hydroxyl groups is 1. The number of hydrogen-bond acceptors (Lipinski definition) is 6. The first-order chi connectivity index (χ1) is 14.1. The third-order valence-corrected chi connectivity index (χ3v) is 5.47. The van der Waals surface area contributed by atoms with Crippen molar-refractivity contribution in [2.75, 3.05) is 12.4 Å². The first kappa shape index (κ1) is 19.0. The predicted octanol–water partition coefficient (Wildman–Crippen LogP) is 4.60. The van der Waals surface area contributed by atoms with Crippen LogP contribution in [0, 0.1) is 5.82 Å². The fourth-order valence-electron chi connectivity index (χ4n) is 3.01. The Hall–Kier alpha value is -3.36. The molecule has 146 valence electrons. The Bertz CT molecular complexity index is 1190. The number of aromatic nitrogens is 2. The molecule has 0 saturated carbocycles. The summed E-state index contributed by atoms with van der Waals surface area (Å²) in [6.45, 7) is 0.122. The fourth-order valence-corrected chi connectivity index (χ4v) is 4.12. The van der Waals surface area contributed by atoms with E-state index in [0.717, 1.165) is 0 Å². The van der Waals surface area contributed by atoms with Crippen LogP contribution in [0.15, 0.2) is 54.9 Å². The smallest absolute Gasteiger partial charge is 0.266 e. The average molecular weight is 409 g/mol. The number of phenolic OH excluding ortho intramolecular Hbond substituents is 1. The molecule has 0 unspecified atom stereocenters. The molecule has 0 aliphatic carbocycles. The molecule has 0 aliphatic rings. The minimum Gasteiger partial charge on any atom is -0.508 e. The summed E-state index contributed by atoms with van der Waals surface area (Å²) >= 11 is 1.21. The van der Waals surface area contributed by atoms with Gasteiger partial charge in [0.15, 0.2) is 5.82 Å². The Morgan fingerprint density at radius 2 is 1.97 bits per heavy atom. The molecule has 8 heteroatoms. The molecule has 2 aromatic carbocycles. The normalized spacial score (nSPS) is 11.0. The number of benzene rings is 2. The molecule has 1 amide bonds. The number of nitrogens with one attached hydrogen (secondary N) is 1. The van der Waals surface area contributed by atoms with Crippen molar-refractivity contribution in [1.29, 1.82) is 0 Å². The summed E-state index contributed by atoms with van der Waals surface area (Å²) in [4.78, 5) is 21.7. The predicted molar refractivity (Wildman–Crippen MR) is 110 cm³/mol. The van der Waals surface area contributed by atoms with Gasteiger partial charge in [-0.05, 0) is 24.3 Å². The van der Waals surface area contributed by atoms with Gasteiger partial charge in [0.25, 0.3) is 5.91 Å². The van der Waals surface area contributed by atoms with Gasteiger partial charge in [-0.25, -0.2) is 14.4 Å². The summed E-state index contributed by atoms with van der Waals surface area (Å²) in [6.07, 6.45) is 2.96. The van der Waals surface area contributed by atoms with E-state index in [9.17, 15) is 14.3 Å². The van der Waals surface area contributed by atoms with Gasteiger partial charge in [0.1, 0.15) is 11.6 Å². The standard InChI is InChI=1S/C21H16FN3O3S/c1-28-11-15-18-16(22)6-3-7-17(18)29-19(15)21(27)25-13-9-23-20(24-10-13)12-4-2-5-14(26)8-12/h2-10,26H,11H2,1H3,(H,25,27). The van der Waals surface area contributed by atoms with Gasteiger partial charge < -0.3 is 15.2 Å². The molecule has 4 aromatic rings. The zero-order valence-corrected chi connectivity index (χ0v) is 16.2. The maximum absolute atomic E-state index is 14.3. The van der Waals surface area contributed by atoms with Gasteiger partial charge in [0.05, 0.1) is 29.6 Å². The van der Waals surface area contributed by atoms with Crippen LogP contribution in [-0.2, 0) is 11.3 Å². The molecule has 0 fully saturated rings. The van der Waals surface area contributed by atoms with Gasteiger partial charge in [-0.2, -0.15) is 0 Å². The van der Waals surface area contributed by atoms with Gasteiger partial charge in [-0.1, -0.05) is 18.2 Å². The highest BCUT2D eigenvalue weighted by Crippen LogP contribution is 2.34. The zero-order valence-electron chi connectivity index (χ0n) is 15.3. The first-order valence-corrected chi connectivity index (χ1v) is 9.50. The number of halogens is 1. The molecule has 4 rings (SSSR count). The van der Waals surface area contributed by atoms with Gasteiger partial charge >= 0.3 is 0 Å². The number of rotatable bonds is 5. The van der Waals surface area contributed by atoms with Crippen LogP contribution < -0.4 is 5.32 Å². The molecule has 2 N–H and O–H groups in total. The molecular weight excluding hydrogens is 393 g/mol. The Labute approximate surface area is 169 Å². The minimum absolute atomic E-state index is 0.117. The van der Waals surface area contributed by atoms with E-state index in [1.54, 1.807) is 36.4 Å². The highest BCUT2D eigenvalue weighted by Gasteiger charge is 2.21. The second kappa shape index (κ2) is 7.94. The number of methoxy groups -OCH3 is 1. The monoisotopic (exact) mass is 409 g/mol. The third kappa shape index (κ3) is 3.80. The molecule has 29 heavy (non-hydrogen) atoms. The quantitative estimate of drug-likeness (QED) is 0.503. The Morgan fingerprint density at radius 3 is 2.69 bits per heavy atom. The number of carbonyl (C=O) groups excluding carboxylic acids is 1. The van der Waals surface area contributed by atoms with Crippen molar-refractivity contribution >= 4 is 33.0 Å². The summed E-state index contributed by atoms with van der Waals surface area (Å²) < 4.78 is 20.1. The Morgan fingerprint density at radius 1 is 1.21 bits per heavy atom. The number of amides is 1. The minimum atomic E-state index is -0.386. The Balaban J connectivity index is 1.61. The van der Waals surface area contributed by atoms with Crippen molar-refractivity contribution in [1.82, 2.24) is 9.97 Å². The summed E-state index contributed by atoms with van der Waals surface area (Å²) in [6, 6.07) is 11.3. The highest BCUT2D eigenvalue weighted by molar-refractivity contribution is 7.21. The number of hydrogen-bond donors (Lipinski definition) is 2. The maximum Gasteiger partial charge on any atom is 0.266 e. The van der Waals surface area contributed by atoms with E-state index in [0.29, 0.717) is 37.6 Å². The largest absolute Gasteiger partial charge is 0.508 e. The van der Waals surface area contributed by atoms with E-state index in [2.05, 4.69) is 15.3 Å². The molecule has 0 bridgehead atoms. The number of anilines is 1. The van der Waals surface area contributed by atoms with E-state index < -0.39 is 0 Å². The summed E-state index contributed by atoms with van der Waals surface area (Å²) in [5.41, 5.74) is 1.57. The number of nitrogens with zero attached hydrogens (tertiary/aromatic N) is 2. The van der Waals surface area contributed by atoms with Crippen LogP contribution in [-0.4, -0.2) is 28.1 Å². The van der Waals surface area contributed by atoms with Crippen LogP contribution >= 0.6 is 11.3 Å². The van der Waals surface area contributed by atoms with Crippen LogP contribution in [0.2, 0.25) is 0 Å². The molecule has 0 radical (unpaired) electrons. The van der Waals surface area contributed by atoms with Crippen molar-refractivity contribution in [3.63, 3.8) is 0 Å². The van der Waals surface area contributed by atoms with Crippen LogP contribution in [0.4, 0.5) is 10.1 Å². The third-order valence-electron chi connectivity index (χ3n) is 4.27. The van der Waals surface area contributed by atoms with Crippen molar-refractivity contribution < 1.29 is 19.0 Å². The van der Waals surface area contributed by atoms with E-state index in [1.165, 1.54) is 36.9 Å². The van der Waals surface area contributed by atoms with Gasteiger partial charge in [-0.3, -0.25) is 4.79 Å². The lowest BCUT2D eigenvalue weighted by Crippen LogP contribution is -2.13. The number of fused-ring (bicyclic) bond motifs is 1. The van der Waals surface area contributed by atoms with Gasteiger partial charge in [0.2, 0.25) is 0 Å². The van der Waals surface area contributed by atoms with E-state index in [-0.39, 0.29) is 24.1 Å². The molecular formula is C21H16FN3O3S. The zero-order chi connectivity index (χ0) is 20.4. The maximum atomic E-state index is 14.3. The molecule has 2 heterocycles. The van der Waals surface area contributed by atoms with E-state index in [1.807, 2.05) is 0 Å². The molecule has 2 aromatic heterocycles. The molecule has 0 spiro atoms. The Kier molecular flexibility index (Phi) is 5.20. The van der Waals surface area contributed by atoms with Crippen LogP contribution in [0.1, 0.15) is 15.2 Å². The molecule has 6 nitrogen and oxygen atoms in total. The van der Waals surface area contributed by atoms with Crippen LogP contribution in [0.5, 0.6) is 5.75 Å². The van der Waals surface area contributed by atoms with Crippen LogP contribution in [0.3, 0.4) is 0 Å². The summed E-state index contributed by atoms with van der Waals surface area (Å²) in [7, 11) is 1.50. The second-order valence-electron chi connectivity index (χ2n) is 6.26. The van der Waals surface area contributed by atoms with Crippen molar-refractivity contribution in [2.24, 2.45) is 0 Å². The van der Waals surface area contributed by atoms with Gasteiger partial charge in [-0.15, -0.1) is 11.3 Å². The number of thiophene rings is 1. The lowest BCUT2D eigenvalue weighted by molar-refractivity contribution is 0.102. The number of carbonyl (C=O) groups is 1. The number of ether oxygens (including phenoxy) is 1. The SMILES string of the molecule is COCc1c(C(=O)Nc2cnc(-c3cccc(O)c3)nc2)sc2cccc(F)c12. The molecule has 0 saturated heterocycles. The average Bonchev–Trinajstić information content (AvgIpc) is 3.09. The lowest BCUT2D eigenvalue weighted by Gasteiger charge is -2.07. The van der Waals surface area contributed by atoms with E-state index >= 15 is 0 Å². The molecule has 0 aliphatic heterocycles.